The predicted molar refractivity (Wildman–Crippen MR) is 95.9 cm³/mol. The zero-order valence-corrected chi connectivity index (χ0v) is 14.6. The number of nitrogens with zero attached hydrogens (tertiary/aromatic N) is 1. The maximum absolute atomic E-state index is 13.7. The van der Waals surface area contributed by atoms with Crippen molar-refractivity contribution in [3.8, 4) is 0 Å². The van der Waals surface area contributed by atoms with Gasteiger partial charge >= 0.3 is 0 Å². The number of amides is 1. The molecule has 25 heavy (non-hydrogen) atoms. The van der Waals surface area contributed by atoms with E-state index in [0.717, 1.165) is 12.0 Å². The van der Waals surface area contributed by atoms with Gasteiger partial charge in [0.25, 0.3) is 5.91 Å². The third-order valence-electron chi connectivity index (χ3n) is 4.21. The average Bonchev–Trinajstić information content (AvgIpc) is 2.57. The number of hydrogen-bond acceptors (Lipinski definition) is 3. The van der Waals surface area contributed by atoms with Crippen LogP contribution in [-0.2, 0) is 10.0 Å². The van der Waals surface area contributed by atoms with Crippen LogP contribution in [0.1, 0.15) is 28.8 Å². The normalized spacial score (nSPS) is 16.5. The van der Waals surface area contributed by atoms with Gasteiger partial charge in [-0.25, -0.2) is 12.8 Å². The van der Waals surface area contributed by atoms with Crippen LogP contribution in [0.5, 0.6) is 0 Å². The summed E-state index contributed by atoms with van der Waals surface area (Å²) in [4.78, 5) is 12.4. The minimum Gasteiger partial charge on any atom is -0.319 e. The van der Waals surface area contributed by atoms with Crippen molar-refractivity contribution < 1.29 is 17.6 Å². The highest BCUT2D eigenvalue weighted by Gasteiger charge is 2.27. The van der Waals surface area contributed by atoms with Gasteiger partial charge in [0.05, 0.1) is 17.1 Å². The molecule has 0 atom stereocenters. The summed E-state index contributed by atoms with van der Waals surface area (Å²) in [5, 5.41) is 2.51. The molecule has 0 radical (unpaired) electrons. The first kappa shape index (κ1) is 17.4. The Bertz CT molecular complexity index is 912. The number of para-hydroxylation sites is 1. The smallest absolute Gasteiger partial charge is 0.255 e. The Hall–Kier alpha value is -2.41. The Morgan fingerprint density at radius 3 is 2.64 bits per heavy atom. The van der Waals surface area contributed by atoms with Crippen molar-refractivity contribution in [3.05, 3.63) is 59.4 Å². The Morgan fingerprint density at radius 1 is 1.16 bits per heavy atom. The molecule has 0 spiro atoms. The van der Waals surface area contributed by atoms with E-state index in [1.165, 1.54) is 22.5 Å². The number of halogens is 1. The van der Waals surface area contributed by atoms with Crippen LogP contribution < -0.4 is 9.62 Å². The van der Waals surface area contributed by atoms with Gasteiger partial charge in [0.1, 0.15) is 5.82 Å². The quantitative estimate of drug-likeness (QED) is 0.911. The van der Waals surface area contributed by atoms with E-state index >= 15 is 0 Å². The summed E-state index contributed by atoms with van der Waals surface area (Å²) in [6.07, 6.45) is 1.43. The van der Waals surface area contributed by atoms with E-state index in [9.17, 15) is 17.6 Å². The van der Waals surface area contributed by atoms with Gasteiger partial charge in [0.15, 0.2) is 0 Å². The molecule has 5 nitrogen and oxygen atoms in total. The molecule has 1 aliphatic heterocycles. The summed E-state index contributed by atoms with van der Waals surface area (Å²) < 4.78 is 39.7. The van der Waals surface area contributed by atoms with E-state index in [2.05, 4.69) is 5.32 Å². The van der Waals surface area contributed by atoms with Gasteiger partial charge in [-0.1, -0.05) is 18.2 Å². The van der Waals surface area contributed by atoms with E-state index in [1.54, 1.807) is 31.2 Å². The van der Waals surface area contributed by atoms with Crippen molar-refractivity contribution in [3.63, 3.8) is 0 Å². The van der Waals surface area contributed by atoms with Crippen LogP contribution in [0.25, 0.3) is 0 Å². The van der Waals surface area contributed by atoms with Gasteiger partial charge in [0, 0.05) is 12.1 Å². The van der Waals surface area contributed by atoms with Crippen LogP contribution in [-0.4, -0.2) is 26.6 Å². The van der Waals surface area contributed by atoms with Crippen LogP contribution in [0.4, 0.5) is 15.8 Å². The molecule has 0 saturated carbocycles. The SMILES string of the molecule is Cc1ccc(C(=O)Nc2ccccc2F)cc1N1CCCCS1(=O)=O. The largest absolute Gasteiger partial charge is 0.319 e. The predicted octanol–water partition coefficient (Wildman–Crippen LogP) is 3.32. The molecule has 1 saturated heterocycles. The minimum atomic E-state index is -3.37. The molecule has 0 aliphatic carbocycles. The van der Waals surface area contributed by atoms with Gasteiger partial charge in [0.2, 0.25) is 10.0 Å². The number of carbonyl (C=O) groups is 1. The van der Waals surface area contributed by atoms with E-state index < -0.39 is 21.7 Å². The van der Waals surface area contributed by atoms with Crippen LogP contribution in [0.15, 0.2) is 42.5 Å². The van der Waals surface area contributed by atoms with E-state index in [1.807, 2.05) is 0 Å². The lowest BCUT2D eigenvalue weighted by molar-refractivity contribution is 0.102. The second-order valence-corrected chi connectivity index (χ2v) is 8.04. The fraction of sp³-hybridized carbons (Fsp3) is 0.278. The van der Waals surface area contributed by atoms with Crippen molar-refractivity contribution in [2.45, 2.75) is 19.8 Å². The lowest BCUT2D eigenvalue weighted by atomic mass is 10.1. The zero-order chi connectivity index (χ0) is 18.0. The third kappa shape index (κ3) is 3.66. The number of sulfonamides is 1. The molecule has 3 rings (SSSR count). The second kappa shape index (κ2) is 6.84. The highest BCUT2D eigenvalue weighted by molar-refractivity contribution is 7.92. The second-order valence-electron chi connectivity index (χ2n) is 6.03. The molecule has 1 aliphatic rings. The third-order valence-corrected chi connectivity index (χ3v) is 6.07. The van der Waals surface area contributed by atoms with Gasteiger partial charge in [-0.15, -0.1) is 0 Å². The number of aryl methyl sites for hydroxylation is 1. The first-order chi connectivity index (χ1) is 11.9. The zero-order valence-electron chi connectivity index (χ0n) is 13.8. The molecule has 132 valence electrons. The van der Waals surface area contributed by atoms with Crippen molar-refractivity contribution in [1.82, 2.24) is 0 Å². The van der Waals surface area contributed by atoms with Crippen molar-refractivity contribution >= 4 is 27.3 Å². The number of anilines is 2. The number of carbonyl (C=O) groups excluding carboxylic acids is 1. The van der Waals surface area contributed by atoms with Gasteiger partial charge in [-0.3, -0.25) is 9.10 Å². The molecular formula is C18H19FN2O3S. The monoisotopic (exact) mass is 362 g/mol. The molecule has 0 aromatic heterocycles. The summed E-state index contributed by atoms with van der Waals surface area (Å²) in [5.41, 5.74) is 1.64. The van der Waals surface area contributed by atoms with Gasteiger partial charge in [-0.05, 0) is 49.6 Å². The van der Waals surface area contributed by atoms with Crippen molar-refractivity contribution in [2.24, 2.45) is 0 Å². The summed E-state index contributed by atoms with van der Waals surface area (Å²) in [6.45, 7) is 2.21. The lowest BCUT2D eigenvalue weighted by Gasteiger charge is -2.29. The van der Waals surface area contributed by atoms with E-state index in [0.29, 0.717) is 18.7 Å². The fourth-order valence-corrected chi connectivity index (χ4v) is 4.53. The van der Waals surface area contributed by atoms with Crippen LogP contribution in [0.2, 0.25) is 0 Å². The van der Waals surface area contributed by atoms with Crippen LogP contribution in [0.3, 0.4) is 0 Å². The molecule has 7 heteroatoms. The van der Waals surface area contributed by atoms with Crippen molar-refractivity contribution in [1.29, 1.82) is 0 Å². The molecule has 0 unspecified atom stereocenters. The number of benzene rings is 2. The molecule has 2 aromatic carbocycles. The number of nitrogens with one attached hydrogen (secondary N) is 1. The summed E-state index contributed by atoms with van der Waals surface area (Å²) >= 11 is 0. The summed E-state index contributed by atoms with van der Waals surface area (Å²) in [7, 11) is -3.37. The first-order valence-electron chi connectivity index (χ1n) is 8.05. The lowest BCUT2D eigenvalue weighted by Crippen LogP contribution is -2.38. The summed E-state index contributed by atoms with van der Waals surface area (Å²) in [6, 6.07) is 10.7. The maximum atomic E-state index is 13.7. The Morgan fingerprint density at radius 2 is 1.92 bits per heavy atom. The molecule has 1 amide bonds. The number of rotatable bonds is 3. The summed E-state index contributed by atoms with van der Waals surface area (Å²) in [5.74, 6) is -0.902. The first-order valence-corrected chi connectivity index (χ1v) is 9.66. The van der Waals surface area contributed by atoms with Gasteiger partial charge in [-0.2, -0.15) is 0 Å². The highest BCUT2D eigenvalue weighted by Crippen LogP contribution is 2.28. The van der Waals surface area contributed by atoms with E-state index in [4.69, 9.17) is 0 Å². The molecular weight excluding hydrogens is 343 g/mol. The molecule has 1 N–H and O–H groups in total. The molecule has 1 heterocycles. The van der Waals surface area contributed by atoms with Gasteiger partial charge < -0.3 is 5.32 Å². The fourth-order valence-electron chi connectivity index (χ4n) is 2.84. The van der Waals surface area contributed by atoms with Crippen molar-refractivity contribution in [2.75, 3.05) is 21.9 Å². The standard InChI is InChI=1S/C18H19FN2O3S/c1-13-8-9-14(18(22)20-16-7-3-2-6-15(16)19)12-17(13)21-10-4-5-11-25(21,23)24/h2-3,6-9,12H,4-5,10-11H2,1H3,(H,20,22). The van der Waals surface area contributed by atoms with Crippen LogP contribution in [0, 0.1) is 12.7 Å². The Balaban J connectivity index is 1.91. The molecule has 1 fully saturated rings. The Kier molecular flexibility index (Phi) is 4.76. The minimum absolute atomic E-state index is 0.0835. The maximum Gasteiger partial charge on any atom is 0.255 e. The Labute approximate surface area is 146 Å². The van der Waals surface area contributed by atoms with Crippen LogP contribution >= 0.6 is 0 Å². The number of hydrogen-bond donors (Lipinski definition) is 1. The van der Waals surface area contributed by atoms with E-state index in [-0.39, 0.29) is 17.0 Å². The topological polar surface area (TPSA) is 66.5 Å². The highest BCUT2D eigenvalue weighted by atomic mass is 32.2. The average molecular weight is 362 g/mol. The molecule has 0 bridgehead atoms. The molecule has 2 aromatic rings.